The molecule has 1 aliphatic rings. The number of rotatable bonds is 5. The lowest BCUT2D eigenvalue weighted by molar-refractivity contribution is -0.117. The fourth-order valence-corrected chi connectivity index (χ4v) is 3.61. The molecule has 0 bridgehead atoms. The van der Waals surface area contributed by atoms with Crippen LogP contribution in [-0.2, 0) is 11.3 Å². The molecule has 3 aromatic heterocycles. The highest BCUT2D eigenvalue weighted by Gasteiger charge is 2.25. The van der Waals surface area contributed by atoms with E-state index < -0.39 is 0 Å². The van der Waals surface area contributed by atoms with Crippen molar-refractivity contribution in [1.29, 1.82) is 0 Å². The summed E-state index contributed by atoms with van der Waals surface area (Å²) in [7, 11) is 0. The molecule has 0 saturated carbocycles. The molecule has 1 fully saturated rings. The molecule has 0 aliphatic carbocycles. The molecular formula is C21H18FN7O2. The van der Waals surface area contributed by atoms with Crippen molar-refractivity contribution in [1.82, 2.24) is 24.9 Å². The molecule has 1 aromatic carbocycles. The lowest BCUT2D eigenvalue weighted by atomic mass is 10.2. The van der Waals surface area contributed by atoms with E-state index in [0.29, 0.717) is 47.1 Å². The van der Waals surface area contributed by atoms with Crippen molar-refractivity contribution in [2.45, 2.75) is 19.4 Å². The maximum atomic E-state index is 14.2. The van der Waals surface area contributed by atoms with Gasteiger partial charge in [0.25, 0.3) is 0 Å². The Morgan fingerprint density at radius 3 is 2.77 bits per heavy atom. The average Bonchev–Trinajstić information content (AvgIpc) is 3.51. The van der Waals surface area contributed by atoms with E-state index in [0.717, 1.165) is 6.42 Å². The number of hydrogen-bond acceptors (Lipinski definition) is 7. The van der Waals surface area contributed by atoms with Gasteiger partial charge in [0, 0.05) is 24.6 Å². The molecule has 4 aromatic rings. The van der Waals surface area contributed by atoms with Crippen molar-refractivity contribution >= 4 is 17.4 Å². The summed E-state index contributed by atoms with van der Waals surface area (Å²) in [5.74, 6) is 0.174. The van der Waals surface area contributed by atoms with Crippen LogP contribution in [0.25, 0.3) is 22.9 Å². The molecule has 4 heterocycles. The number of carbonyl (C=O) groups is 1. The first-order valence-electron chi connectivity index (χ1n) is 9.75. The Hall–Kier alpha value is -4.08. The summed E-state index contributed by atoms with van der Waals surface area (Å²) >= 11 is 0. The molecule has 10 heteroatoms. The molecule has 1 amide bonds. The van der Waals surface area contributed by atoms with E-state index >= 15 is 0 Å². The zero-order chi connectivity index (χ0) is 21.4. The number of halogens is 1. The van der Waals surface area contributed by atoms with Crippen LogP contribution in [0.5, 0.6) is 0 Å². The van der Waals surface area contributed by atoms with Gasteiger partial charge in [0.05, 0.1) is 18.4 Å². The zero-order valence-electron chi connectivity index (χ0n) is 16.4. The van der Waals surface area contributed by atoms with Gasteiger partial charge in [-0.25, -0.2) is 14.4 Å². The number of nitrogen functional groups attached to an aromatic ring is 1. The summed E-state index contributed by atoms with van der Waals surface area (Å²) in [5.41, 5.74) is 8.71. The van der Waals surface area contributed by atoms with Crippen molar-refractivity contribution in [2.75, 3.05) is 17.2 Å². The summed E-state index contributed by atoms with van der Waals surface area (Å²) in [5, 5.41) is 8.53. The monoisotopic (exact) mass is 419 g/mol. The molecule has 0 unspecified atom stereocenters. The molecule has 31 heavy (non-hydrogen) atoms. The molecule has 0 spiro atoms. The van der Waals surface area contributed by atoms with Gasteiger partial charge in [-0.1, -0.05) is 23.4 Å². The number of anilines is 2. The first-order chi connectivity index (χ1) is 15.1. The third kappa shape index (κ3) is 3.52. The molecule has 5 rings (SSSR count). The molecule has 1 aliphatic heterocycles. The highest BCUT2D eigenvalue weighted by molar-refractivity contribution is 5.97. The largest absolute Gasteiger partial charge is 0.382 e. The van der Waals surface area contributed by atoms with Gasteiger partial charge in [0.2, 0.25) is 5.91 Å². The molecule has 156 valence electrons. The van der Waals surface area contributed by atoms with Gasteiger partial charge in [0.15, 0.2) is 11.6 Å². The average molecular weight is 419 g/mol. The quantitative estimate of drug-likeness (QED) is 0.529. The van der Waals surface area contributed by atoms with Crippen LogP contribution in [0.4, 0.5) is 15.9 Å². The summed E-state index contributed by atoms with van der Waals surface area (Å²) in [6, 6.07) is 9.93. The van der Waals surface area contributed by atoms with Crippen molar-refractivity contribution in [3.63, 3.8) is 0 Å². The van der Waals surface area contributed by atoms with E-state index in [1.165, 1.54) is 18.5 Å². The Balaban J connectivity index is 1.53. The number of hydrogen-bond donors (Lipinski definition) is 1. The molecule has 0 radical (unpaired) electrons. The van der Waals surface area contributed by atoms with Crippen LogP contribution in [0, 0.1) is 5.82 Å². The number of aromatic nitrogens is 5. The minimum absolute atomic E-state index is 0.00512. The van der Waals surface area contributed by atoms with E-state index in [2.05, 4.69) is 20.2 Å². The fourth-order valence-electron chi connectivity index (χ4n) is 3.61. The second kappa shape index (κ2) is 7.63. The Morgan fingerprint density at radius 1 is 1.19 bits per heavy atom. The first-order valence-corrected chi connectivity index (χ1v) is 9.75. The maximum absolute atomic E-state index is 14.2. The van der Waals surface area contributed by atoms with Gasteiger partial charge in [0.1, 0.15) is 29.2 Å². The Labute approximate surface area is 176 Å². The fraction of sp³-hybridized carbons (Fsp3) is 0.190. The number of carbonyl (C=O) groups excluding carboxylic acids is 1. The van der Waals surface area contributed by atoms with E-state index in [4.69, 9.17) is 10.3 Å². The van der Waals surface area contributed by atoms with Gasteiger partial charge in [-0.05, 0) is 18.6 Å². The maximum Gasteiger partial charge on any atom is 0.227 e. The highest BCUT2D eigenvalue weighted by Crippen LogP contribution is 2.29. The van der Waals surface area contributed by atoms with Crippen molar-refractivity contribution in [2.24, 2.45) is 0 Å². The predicted molar refractivity (Wildman–Crippen MR) is 110 cm³/mol. The lowest BCUT2D eigenvalue weighted by Gasteiger charge is -2.16. The third-order valence-corrected chi connectivity index (χ3v) is 5.15. The lowest BCUT2D eigenvalue weighted by Crippen LogP contribution is -2.25. The van der Waals surface area contributed by atoms with Gasteiger partial charge in [-0.3, -0.25) is 9.48 Å². The first kappa shape index (κ1) is 18.9. The minimum Gasteiger partial charge on any atom is -0.382 e. The number of nitrogens with two attached hydrogens (primary N) is 1. The Morgan fingerprint density at radius 2 is 2.06 bits per heavy atom. The van der Waals surface area contributed by atoms with Crippen molar-refractivity contribution in [3.8, 4) is 22.9 Å². The smallest absolute Gasteiger partial charge is 0.227 e. The standard InChI is InChI=1S/C21H18FN7O2/c22-14-5-2-1-4-13(14)12-29-17(15-7-9-31-27-15)10-16(26-29)21-24-11-18(20(23)25-21)28-8-3-6-19(28)30/h1-2,4-5,7,9-11H,3,6,8,12H2,(H2,23,24,25). The number of amides is 1. The normalized spacial score (nSPS) is 13.8. The molecule has 9 nitrogen and oxygen atoms in total. The molecular weight excluding hydrogens is 401 g/mol. The minimum atomic E-state index is -0.328. The summed E-state index contributed by atoms with van der Waals surface area (Å²) in [6.07, 6.45) is 4.25. The van der Waals surface area contributed by atoms with Crippen LogP contribution < -0.4 is 10.6 Å². The van der Waals surface area contributed by atoms with Crippen molar-refractivity contribution < 1.29 is 13.7 Å². The zero-order valence-corrected chi connectivity index (χ0v) is 16.4. The van der Waals surface area contributed by atoms with Crippen LogP contribution in [0.1, 0.15) is 18.4 Å². The van der Waals surface area contributed by atoms with E-state index in [1.807, 2.05) is 0 Å². The van der Waals surface area contributed by atoms with Gasteiger partial charge < -0.3 is 15.2 Å². The van der Waals surface area contributed by atoms with E-state index in [9.17, 15) is 9.18 Å². The van der Waals surface area contributed by atoms with Crippen molar-refractivity contribution in [3.05, 3.63) is 60.2 Å². The topological polar surface area (TPSA) is 116 Å². The Bertz CT molecular complexity index is 1250. The number of benzene rings is 1. The number of nitrogens with zero attached hydrogens (tertiary/aromatic N) is 6. The third-order valence-electron chi connectivity index (χ3n) is 5.15. The summed E-state index contributed by atoms with van der Waals surface area (Å²) < 4.78 is 20.8. The van der Waals surface area contributed by atoms with Gasteiger partial charge in [-0.2, -0.15) is 5.10 Å². The van der Waals surface area contributed by atoms with Crippen LogP contribution in [0.15, 0.2) is 53.4 Å². The van der Waals surface area contributed by atoms with Crippen LogP contribution in [0.2, 0.25) is 0 Å². The second-order valence-corrected chi connectivity index (χ2v) is 7.16. The summed E-state index contributed by atoms with van der Waals surface area (Å²) in [4.78, 5) is 22.3. The van der Waals surface area contributed by atoms with E-state index in [1.54, 1.807) is 39.9 Å². The SMILES string of the molecule is Nc1nc(-c2cc(-c3ccon3)n(Cc3ccccc3F)n2)ncc1N1CCCC1=O. The highest BCUT2D eigenvalue weighted by atomic mass is 19.1. The van der Waals surface area contributed by atoms with Crippen LogP contribution in [-0.4, -0.2) is 37.4 Å². The van der Waals surface area contributed by atoms with Crippen LogP contribution >= 0.6 is 0 Å². The predicted octanol–water partition coefficient (Wildman–Crippen LogP) is 2.89. The molecule has 0 atom stereocenters. The summed E-state index contributed by atoms with van der Waals surface area (Å²) in [6.45, 7) is 0.782. The molecule has 2 N–H and O–H groups in total. The van der Waals surface area contributed by atoms with E-state index in [-0.39, 0.29) is 24.1 Å². The second-order valence-electron chi connectivity index (χ2n) is 7.16. The van der Waals surface area contributed by atoms with Gasteiger partial charge in [-0.15, -0.1) is 0 Å². The molecule has 1 saturated heterocycles. The van der Waals surface area contributed by atoms with Crippen LogP contribution in [0.3, 0.4) is 0 Å². The Kier molecular flexibility index (Phi) is 4.66. The van der Waals surface area contributed by atoms with Gasteiger partial charge >= 0.3 is 0 Å².